The molecule has 1 aliphatic heterocycles. The molecule has 94 valence electrons. The zero-order valence-electron chi connectivity index (χ0n) is 10.9. The van der Waals surface area contributed by atoms with Crippen molar-refractivity contribution in [1.82, 2.24) is 10.2 Å². The fourth-order valence-corrected chi connectivity index (χ4v) is 2.44. The van der Waals surface area contributed by atoms with Gasteiger partial charge in [-0.05, 0) is 31.5 Å². The Bertz CT molecular complexity index is 310. The van der Waals surface area contributed by atoms with Gasteiger partial charge in [0.2, 0.25) is 0 Å². The summed E-state index contributed by atoms with van der Waals surface area (Å²) in [5.74, 6) is 0. The van der Waals surface area contributed by atoms with Gasteiger partial charge in [0.15, 0.2) is 0 Å². The molecule has 0 amide bonds. The molecule has 1 aliphatic rings. The smallest absolute Gasteiger partial charge is 0.0210 e. The maximum absolute atomic E-state index is 3.66. The largest absolute Gasteiger partial charge is 0.309 e. The molecule has 1 N–H and O–H groups in total. The molecule has 0 bridgehead atoms. The Balaban J connectivity index is 1.68. The van der Waals surface area contributed by atoms with E-state index in [1.165, 1.54) is 44.5 Å². The van der Waals surface area contributed by atoms with Crippen LogP contribution in [0.3, 0.4) is 0 Å². The molecule has 2 nitrogen and oxygen atoms in total. The van der Waals surface area contributed by atoms with Gasteiger partial charge in [0.1, 0.15) is 0 Å². The van der Waals surface area contributed by atoms with Crippen LogP contribution in [-0.4, -0.2) is 30.6 Å². The first kappa shape index (κ1) is 12.6. The van der Waals surface area contributed by atoms with Gasteiger partial charge in [-0.15, -0.1) is 0 Å². The molecule has 0 aliphatic carbocycles. The lowest BCUT2D eigenvalue weighted by atomic mass is 10.2. The summed E-state index contributed by atoms with van der Waals surface area (Å²) in [5.41, 5.74) is 1.39. The third-order valence-electron chi connectivity index (χ3n) is 3.54. The van der Waals surface area contributed by atoms with Gasteiger partial charge >= 0.3 is 0 Å². The third-order valence-corrected chi connectivity index (χ3v) is 3.54. The van der Waals surface area contributed by atoms with Gasteiger partial charge in [0, 0.05) is 19.1 Å². The first-order valence-electron chi connectivity index (χ1n) is 6.88. The average Bonchev–Trinajstić information content (AvgIpc) is 2.83. The summed E-state index contributed by atoms with van der Waals surface area (Å²) in [5, 5.41) is 3.66. The van der Waals surface area contributed by atoms with Crippen LogP contribution in [0.4, 0.5) is 0 Å². The van der Waals surface area contributed by atoms with Crippen molar-refractivity contribution in [3.63, 3.8) is 0 Å². The van der Waals surface area contributed by atoms with Crippen molar-refractivity contribution in [2.75, 3.05) is 19.6 Å². The van der Waals surface area contributed by atoms with E-state index in [9.17, 15) is 0 Å². The first-order chi connectivity index (χ1) is 8.38. The maximum Gasteiger partial charge on any atom is 0.0210 e. The molecule has 0 saturated carbocycles. The molecule has 1 fully saturated rings. The summed E-state index contributed by atoms with van der Waals surface area (Å²) in [6.45, 7) is 7.05. The second kappa shape index (κ2) is 6.77. The molecule has 2 heteroatoms. The van der Waals surface area contributed by atoms with Crippen molar-refractivity contribution >= 4 is 0 Å². The Labute approximate surface area is 105 Å². The molecule has 1 aromatic carbocycles. The highest BCUT2D eigenvalue weighted by molar-refractivity contribution is 5.14. The highest BCUT2D eigenvalue weighted by Crippen LogP contribution is 2.11. The van der Waals surface area contributed by atoms with Crippen LogP contribution in [0.5, 0.6) is 0 Å². The van der Waals surface area contributed by atoms with E-state index in [0.717, 1.165) is 6.54 Å². The van der Waals surface area contributed by atoms with E-state index in [4.69, 9.17) is 0 Å². The molecule has 1 aromatic rings. The van der Waals surface area contributed by atoms with Crippen LogP contribution in [0.15, 0.2) is 30.3 Å². The summed E-state index contributed by atoms with van der Waals surface area (Å²) >= 11 is 0. The molecule has 1 atom stereocenters. The molecular weight excluding hydrogens is 208 g/mol. The highest BCUT2D eigenvalue weighted by Gasteiger charge is 2.20. The molecule has 0 aromatic heterocycles. The number of nitrogens with one attached hydrogen (secondary N) is 1. The summed E-state index contributed by atoms with van der Waals surface area (Å²) in [7, 11) is 0. The summed E-state index contributed by atoms with van der Waals surface area (Å²) in [6.07, 6.45) is 3.95. The van der Waals surface area contributed by atoms with Crippen LogP contribution in [0.2, 0.25) is 0 Å². The number of benzene rings is 1. The number of hydrogen-bond acceptors (Lipinski definition) is 2. The minimum Gasteiger partial charge on any atom is -0.309 e. The lowest BCUT2D eigenvalue weighted by Gasteiger charge is -2.16. The Morgan fingerprint density at radius 3 is 2.88 bits per heavy atom. The van der Waals surface area contributed by atoms with Gasteiger partial charge in [-0.2, -0.15) is 0 Å². The number of rotatable bonds is 6. The monoisotopic (exact) mass is 232 g/mol. The summed E-state index contributed by atoms with van der Waals surface area (Å²) in [6, 6.07) is 11.4. The van der Waals surface area contributed by atoms with Crippen molar-refractivity contribution in [1.29, 1.82) is 0 Å². The maximum atomic E-state index is 3.66. The number of nitrogens with zero attached hydrogens (tertiary/aromatic N) is 1. The Morgan fingerprint density at radius 2 is 2.12 bits per heavy atom. The quantitative estimate of drug-likeness (QED) is 0.811. The van der Waals surface area contributed by atoms with Crippen LogP contribution in [0.25, 0.3) is 0 Å². The molecule has 1 unspecified atom stereocenters. The zero-order chi connectivity index (χ0) is 11.9. The van der Waals surface area contributed by atoms with Crippen LogP contribution in [-0.2, 0) is 6.54 Å². The lowest BCUT2D eigenvalue weighted by molar-refractivity contribution is 0.321. The van der Waals surface area contributed by atoms with E-state index in [1.807, 2.05) is 0 Å². The van der Waals surface area contributed by atoms with Crippen molar-refractivity contribution in [2.45, 2.75) is 38.8 Å². The lowest BCUT2D eigenvalue weighted by Crippen LogP contribution is -2.32. The number of unbranched alkanes of at least 4 members (excludes halogenated alkanes) is 1. The fraction of sp³-hybridized carbons (Fsp3) is 0.600. The Hall–Kier alpha value is -0.860. The van der Waals surface area contributed by atoms with Gasteiger partial charge < -0.3 is 10.2 Å². The van der Waals surface area contributed by atoms with Crippen LogP contribution >= 0.6 is 0 Å². The zero-order valence-corrected chi connectivity index (χ0v) is 10.9. The standard InChI is InChI=1S/C15H24N2/c1-2-3-10-17-11-9-15(13-17)16-12-14-7-5-4-6-8-14/h4-8,15-16H,2-3,9-13H2,1H3. The highest BCUT2D eigenvalue weighted by atomic mass is 15.2. The third kappa shape index (κ3) is 4.14. The second-order valence-corrected chi connectivity index (χ2v) is 5.01. The van der Waals surface area contributed by atoms with E-state index >= 15 is 0 Å². The van der Waals surface area contributed by atoms with E-state index in [0.29, 0.717) is 6.04 Å². The van der Waals surface area contributed by atoms with E-state index in [2.05, 4.69) is 47.5 Å². The van der Waals surface area contributed by atoms with Crippen LogP contribution < -0.4 is 5.32 Å². The average molecular weight is 232 g/mol. The van der Waals surface area contributed by atoms with Gasteiger partial charge in [-0.1, -0.05) is 43.7 Å². The summed E-state index contributed by atoms with van der Waals surface area (Å²) in [4.78, 5) is 2.59. The minimum atomic E-state index is 0.687. The van der Waals surface area contributed by atoms with Crippen molar-refractivity contribution in [2.24, 2.45) is 0 Å². The molecule has 17 heavy (non-hydrogen) atoms. The van der Waals surface area contributed by atoms with Gasteiger partial charge in [0.25, 0.3) is 0 Å². The predicted molar refractivity (Wildman–Crippen MR) is 73.0 cm³/mol. The van der Waals surface area contributed by atoms with Crippen molar-refractivity contribution < 1.29 is 0 Å². The van der Waals surface area contributed by atoms with E-state index in [-0.39, 0.29) is 0 Å². The van der Waals surface area contributed by atoms with Crippen molar-refractivity contribution in [3.05, 3.63) is 35.9 Å². The van der Waals surface area contributed by atoms with Crippen LogP contribution in [0, 0.1) is 0 Å². The van der Waals surface area contributed by atoms with Gasteiger partial charge in [-0.25, -0.2) is 0 Å². The normalized spacial score (nSPS) is 20.9. The Morgan fingerprint density at radius 1 is 1.29 bits per heavy atom. The van der Waals surface area contributed by atoms with Crippen LogP contribution in [0.1, 0.15) is 31.7 Å². The summed E-state index contributed by atoms with van der Waals surface area (Å²) < 4.78 is 0. The SMILES string of the molecule is CCCCN1CCC(NCc2ccccc2)C1. The topological polar surface area (TPSA) is 15.3 Å². The predicted octanol–water partition coefficient (Wildman–Crippen LogP) is 2.65. The Kier molecular flexibility index (Phi) is 5.02. The van der Waals surface area contributed by atoms with Gasteiger partial charge in [0.05, 0.1) is 0 Å². The molecule has 0 spiro atoms. The number of likely N-dealkylation sites (tertiary alicyclic amines) is 1. The minimum absolute atomic E-state index is 0.687. The van der Waals surface area contributed by atoms with E-state index < -0.39 is 0 Å². The number of hydrogen-bond donors (Lipinski definition) is 1. The van der Waals surface area contributed by atoms with Crippen molar-refractivity contribution in [3.8, 4) is 0 Å². The fourth-order valence-electron chi connectivity index (χ4n) is 2.44. The molecule has 0 radical (unpaired) electrons. The van der Waals surface area contributed by atoms with Gasteiger partial charge in [-0.3, -0.25) is 0 Å². The second-order valence-electron chi connectivity index (χ2n) is 5.01. The molecule has 1 saturated heterocycles. The molecular formula is C15H24N2. The first-order valence-corrected chi connectivity index (χ1v) is 6.88. The van der Waals surface area contributed by atoms with E-state index in [1.54, 1.807) is 0 Å². The molecule has 2 rings (SSSR count). The molecule has 1 heterocycles.